The molecule has 160 valence electrons. The highest BCUT2D eigenvalue weighted by atomic mass is 19.4. The zero-order chi connectivity index (χ0) is 21.9. The van der Waals surface area contributed by atoms with Crippen molar-refractivity contribution in [2.24, 2.45) is 5.92 Å². The number of alkyl halides is 3. The van der Waals surface area contributed by atoms with Crippen LogP contribution in [0.3, 0.4) is 0 Å². The molecule has 1 fully saturated rings. The van der Waals surface area contributed by atoms with Gasteiger partial charge in [0.25, 0.3) is 0 Å². The van der Waals surface area contributed by atoms with E-state index in [0.29, 0.717) is 29.8 Å². The van der Waals surface area contributed by atoms with Crippen LogP contribution < -0.4 is 5.32 Å². The van der Waals surface area contributed by atoms with Gasteiger partial charge in [-0.05, 0) is 41.0 Å². The van der Waals surface area contributed by atoms with Crippen molar-refractivity contribution in [2.75, 3.05) is 26.8 Å². The summed E-state index contributed by atoms with van der Waals surface area (Å²) in [6, 6.07) is 9.95. The van der Waals surface area contributed by atoms with E-state index in [2.05, 4.69) is 10.1 Å². The molecule has 1 saturated heterocycles. The largest absolute Gasteiger partial charge is 0.466 e. The van der Waals surface area contributed by atoms with Crippen LogP contribution in [0, 0.1) is 5.92 Å². The van der Waals surface area contributed by atoms with Crippen LogP contribution in [0.1, 0.15) is 34.3 Å². The third-order valence-corrected chi connectivity index (χ3v) is 5.24. The van der Waals surface area contributed by atoms with E-state index in [9.17, 15) is 22.8 Å². The molecule has 3 rings (SSSR count). The molecular weight excluding hydrogens is 399 g/mol. The average Bonchev–Trinajstić information content (AvgIpc) is 3.19. The van der Waals surface area contributed by atoms with Gasteiger partial charge in [-0.2, -0.15) is 13.2 Å². The standard InChI is InChI=1S/C22H22F3NO4/c1-13(27)30-12-16-10-26-11-20(16)18-8-7-17(22(23,24)25)9-19(18)14-3-5-15(6-4-14)21(28)29-2/h3-9,16,20,26H,10-12H2,1-2H3/t16-,20+/m1/s1. The number of hydrogen-bond donors (Lipinski definition) is 1. The smallest absolute Gasteiger partial charge is 0.416 e. The Morgan fingerprint density at radius 3 is 2.40 bits per heavy atom. The van der Waals surface area contributed by atoms with Crippen LogP contribution in [-0.2, 0) is 20.4 Å². The van der Waals surface area contributed by atoms with Gasteiger partial charge in [0.2, 0.25) is 0 Å². The van der Waals surface area contributed by atoms with Crippen molar-refractivity contribution in [2.45, 2.75) is 19.0 Å². The molecule has 8 heteroatoms. The van der Waals surface area contributed by atoms with Crippen LogP contribution in [0.5, 0.6) is 0 Å². The first-order valence-corrected chi connectivity index (χ1v) is 9.44. The normalized spacial score (nSPS) is 18.8. The molecule has 1 aliphatic rings. The number of benzene rings is 2. The molecule has 1 aliphatic heterocycles. The fourth-order valence-electron chi connectivity index (χ4n) is 3.71. The van der Waals surface area contributed by atoms with Gasteiger partial charge in [-0.1, -0.05) is 18.2 Å². The van der Waals surface area contributed by atoms with Gasteiger partial charge < -0.3 is 14.8 Å². The lowest BCUT2D eigenvalue weighted by Crippen LogP contribution is -2.20. The van der Waals surface area contributed by atoms with Gasteiger partial charge in [-0.25, -0.2) is 4.79 Å². The molecule has 2 aromatic rings. The number of esters is 2. The van der Waals surface area contributed by atoms with E-state index < -0.39 is 23.7 Å². The molecule has 0 amide bonds. The second-order valence-corrected chi connectivity index (χ2v) is 7.20. The Morgan fingerprint density at radius 1 is 1.10 bits per heavy atom. The fourth-order valence-corrected chi connectivity index (χ4v) is 3.71. The molecule has 1 heterocycles. The SMILES string of the molecule is COC(=O)c1ccc(-c2cc(C(F)(F)F)ccc2[C@H]2CNC[C@@H]2COC(C)=O)cc1. The molecule has 0 unspecified atom stereocenters. The van der Waals surface area contributed by atoms with Crippen LogP contribution >= 0.6 is 0 Å². The Bertz CT molecular complexity index is 925. The maximum atomic E-state index is 13.4. The van der Waals surface area contributed by atoms with Gasteiger partial charge in [0.05, 0.1) is 24.8 Å². The molecule has 0 aliphatic carbocycles. The Balaban J connectivity index is 2.03. The lowest BCUT2D eigenvalue weighted by Gasteiger charge is -2.23. The first-order valence-electron chi connectivity index (χ1n) is 9.44. The zero-order valence-electron chi connectivity index (χ0n) is 16.6. The summed E-state index contributed by atoms with van der Waals surface area (Å²) >= 11 is 0. The maximum Gasteiger partial charge on any atom is 0.416 e. The van der Waals surface area contributed by atoms with Crippen molar-refractivity contribution in [3.63, 3.8) is 0 Å². The third-order valence-electron chi connectivity index (χ3n) is 5.24. The van der Waals surface area contributed by atoms with Crippen LogP contribution in [0.15, 0.2) is 42.5 Å². The Morgan fingerprint density at radius 2 is 1.80 bits per heavy atom. The first kappa shape index (κ1) is 21.8. The number of carbonyl (C=O) groups excluding carboxylic acids is 2. The number of ether oxygens (including phenoxy) is 2. The summed E-state index contributed by atoms with van der Waals surface area (Å²) < 4.78 is 49.9. The lowest BCUT2D eigenvalue weighted by molar-refractivity contribution is -0.142. The van der Waals surface area contributed by atoms with Crippen molar-refractivity contribution >= 4 is 11.9 Å². The van der Waals surface area contributed by atoms with E-state index in [1.165, 1.54) is 32.2 Å². The number of nitrogens with one attached hydrogen (secondary N) is 1. The molecule has 0 bridgehead atoms. The molecule has 0 radical (unpaired) electrons. The maximum absolute atomic E-state index is 13.4. The fraction of sp³-hybridized carbons (Fsp3) is 0.364. The van der Waals surface area contributed by atoms with E-state index in [1.807, 2.05) is 0 Å². The topological polar surface area (TPSA) is 64.6 Å². The zero-order valence-corrected chi connectivity index (χ0v) is 16.6. The molecule has 1 N–H and O–H groups in total. The summed E-state index contributed by atoms with van der Waals surface area (Å²) in [7, 11) is 1.26. The summed E-state index contributed by atoms with van der Waals surface area (Å²) in [5, 5.41) is 3.23. The second-order valence-electron chi connectivity index (χ2n) is 7.20. The van der Waals surface area contributed by atoms with Crippen molar-refractivity contribution < 1.29 is 32.2 Å². The molecule has 5 nitrogen and oxygen atoms in total. The highest BCUT2D eigenvalue weighted by Gasteiger charge is 2.35. The number of methoxy groups -OCH3 is 1. The number of carbonyl (C=O) groups is 2. The van der Waals surface area contributed by atoms with E-state index in [0.717, 1.165) is 17.7 Å². The van der Waals surface area contributed by atoms with Gasteiger partial charge in [0.15, 0.2) is 0 Å². The molecule has 0 aromatic heterocycles. The molecule has 0 saturated carbocycles. The van der Waals surface area contributed by atoms with E-state index in [-0.39, 0.29) is 18.4 Å². The summed E-state index contributed by atoms with van der Waals surface area (Å²) in [4.78, 5) is 22.9. The minimum Gasteiger partial charge on any atom is -0.466 e. The summed E-state index contributed by atoms with van der Waals surface area (Å²) in [5.74, 6) is -1.10. The lowest BCUT2D eigenvalue weighted by atomic mass is 9.83. The first-order chi connectivity index (χ1) is 14.2. The molecule has 30 heavy (non-hydrogen) atoms. The van der Waals surface area contributed by atoms with Crippen molar-refractivity contribution in [3.8, 4) is 11.1 Å². The van der Waals surface area contributed by atoms with Gasteiger partial charge in [-0.15, -0.1) is 0 Å². The average molecular weight is 421 g/mol. The Labute approximate surface area is 172 Å². The summed E-state index contributed by atoms with van der Waals surface area (Å²) in [6.45, 7) is 2.67. The Kier molecular flexibility index (Phi) is 6.45. The van der Waals surface area contributed by atoms with Crippen molar-refractivity contribution in [1.29, 1.82) is 0 Å². The minimum absolute atomic E-state index is 0.0567. The van der Waals surface area contributed by atoms with E-state index in [1.54, 1.807) is 12.1 Å². The number of rotatable bonds is 5. The van der Waals surface area contributed by atoms with E-state index >= 15 is 0 Å². The quantitative estimate of drug-likeness (QED) is 0.739. The van der Waals surface area contributed by atoms with Gasteiger partial charge >= 0.3 is 18.1 Å². The predicted molar refractivity (Wildman–Crippen MR) is 104 cm³/mol. The molecule has 0 spiro atoms. The molecule has 2 aromatic carbocycles. The third kappa shape index (κ3) is 4.81. The summed E-state index contributed by atoms with van der Waals surface area (Å²) in [6.07, 6.45) is -4.48. The molecule has 2 atom stereocenters. The monoisotopic (exact) mass is 421 g/mol. The van der Waals surface area contributed by atoms with Crippen LogP contribution in [0.25, 0.3) is 11.1 Å². The van der Waals surface area contributed by atoms with Crippen molar-refractivity contribution in [3.05, 3.63) is 59.2 Å². The second kappa shape index (κ2) is 8.87. The van der Waals surface area contributed by atoms with Gasteiger partial charge in [0.1, 0.15) is 0 Å². The predicted octanol–water partition coefficient (Wildman–Crippen LogP) is 4.03. The Hall–Kier alpha value is -2.87. The van der Waals surface area contributed by atoms with Crippen LogP contribution in [-0.4, -0.2) is 38.7 Å². The van der Waals surface area contributed by atoms with Gasteiger partial charge in [0, 0.05) is 31.8 Å². The number of hydrogen-bond acceptors (Lipinski definition) is 5. The van der Waals surface area contributed by atoms with Crippen LogP contribution in [0.4, 0.5) is 13.2 Å². The summed E-state index contributed by atoms with van der Waals surface area (Å²) in [5.41, 5.74) is 1.28. The van der Waals surface area contributed by atoms with Crippen molar-refractivity contribution in [1.82, 2.24) is 5.32 Å². The van der Waals surface area contributed by atoms with E-state index in [4.69, 9.17) is 4.74 Å². The minimum atomic E-state index is -4.48. The highest BCUT2D eigenvalue weighted by Crippen LogP contribution is 2.39. The molecular formula is C22H22F3NO4. The van der Waals surface area contributed by atoms with Crippen LogP contribution in [0.2, 0.25) is 0 Å². The van der Waals surface area contributed by atoms with Gasteiger partial charge in [-0.3, -0.25) is 4.79 Å². The highest BCUT2D eigenvalue weighted by molar-refractivity contribution is 5.90. The number of halogens is 3.